The molecule has 4 rings (SSSR count). The van der Waals surface area contributed by atoms with Gasteiger partial charge in [0.15, 0.2) is 0 Å². The summed E-state index contributed by atoms with van der Waals surface area (Å²) in [7, 11) is 1.55. The van der Waals surface area contributed by atoms with Gasteiger partial charge in [-0.15, -0.1) is 0 Å². The summed E-state index contributed by atoms with van der Waals surface area (Å²) in [6, 6.07) is 7.39. The second-order valence-corrected chi connectivity index (χ2v) is 6.56. The minimum absolute atomic E-state index is 0.0773. The van der Waals surface area contributed by atoms with Gasteiger partial charge in [-0.2, -0.15) is 0 Å². The van der Waals surface area contributed by atoms with E-state index in [-0.39, 0.29) is 23.9 Å². The standard InChI is InChI=1S/C20H18F2N2O3/c1-27-7-6-23-18-5-3-14(25)10-16(18)19-8-12(11-24(19)20(23)26)15-9-13(21)2-4-17(15)22/h2-5,8-10,19,25H,6-7,11H2,1H3. The van der Waals surface area contributed by atoms with E-state index in [0.29, 0.717) is 24.4 Å². The van der Waals surface area contributed by atoms with Gasteiger partial charge in [-0.25, -0.2) is 13.6 Å². The second kappa shape index (κ2) is 6.66. The number of nitrogens with zero attached hydrogens (tertiary/aromatic N) is 2. The van der Waals surface area contributed by atoms with Crippen molar-refractivity contribution in [2.24, 2.45) is 0 Å². The quantitative estimate of drug-likeness (QED) is 0.891. The van der Waals surface area contributed by atoms with Crippen LogP contribution in [0.25, 0.3) is 5.57 Å². The third-order valence-electron chi connectivity index (χ3n) is 4.93. The summed E-state index contributed by atoms with van der Waals surface area (Å²) in [5, 5.41) is 9.92. The zero-order valence-electron chi connectivity index (χ0n) is 14.7. The van der Waals surface area contributed by atoms with Gasteiger partial charge in [-0.1, -0.05) is 6.08 Å². The van der Waals surface area contributed by atoms with E-state index >= 15 is 0 Å². The first-order valence-corrected chi connectivity index (χ1v) is 8.55. The van der Waals surface area contributed by atoms with Gasteiger partial charge < -0.3 is 14.7 Å². The van der Waals surface area contributed by atoms with Crippen LogP contribution in [0.4, 0.5) is 19.3 Å². The number of carbonyl (C=O) groups excluding carboxylic acids is 1. The van der Waals surface area contributed by atoms with Gasteiger partial charge in [0, 0.05) is 24.8 Å². The number of anilines is 1. The number of phenolic OH excluding ortho intramolecular Hbond substituents is 1. The number of aromatic hydroxyl groups is 1. The van der Waals surface area contributed by atoms with Crippen LogP contribution in [0.2, 0.25) is 0 Å². The van der Waals surface area contributed by atoms with Crippen molar-refractivity contribution in [2.75, 3.05) is 31.7 Å². The number of amides is 2. The van der Waals surface area contributed by atoms with Crippen molar-refractivity contribution in [2.45, 2.75) is 6.04 Å². The zero-order valence-corrected chi connectivity index (χ0v) is 14.7. The molecule has 0 spiro atoms. The molecule has 0 bridgehead atoms. The number of rotatable bonds is 4. The highest BCUT2D eigenvalue weighted by Gasteiger charge is 2.40. The molecule has 1 unspecified atom stereocenters. The summed E-state index contributed by atoms with van der Waals surface area (Å²) in [6.07, 6.45) is 1.75. The predicted octanol–water partition coefficient (Wildman–Crippen LogP) is 3.70. The monoisotopic (exact) mass is 372 g/mol. The Hall–Kier alpha value is -2.93. The lowest BCUT2D eigenvalue weighted by Crippen LogP contribution is -2.48. The summed E-state index contributed by atoms with van der Waals surface area (Å²) in [5.41, 5.74) is 2.08. The SMILES string of the molecule is COCCN1C(=O)N2CC(c3cc(F)ccc3F)=CC2c2cc(O)ccc21. The largest absolute Gasteiger partial charge is 0.508 e. The van der Waals surface area contributed by atoms with Crippen molar-refractivity contribution in [1.29, 1.82) is 0 Å². The van der Waals surface area contributed by atoms with Crippen LogP contribution in [0.1, 0.15) is 17.2 Å². The maximum absolute atomic E-state index is 14.2. The number of hydrogen-bond acceptors (Lipinski definition) is 3. The lowest BCUT2D eigenvalue weighted by molar-refractivity contribution is 0.185. The van der Waals surface area contributed by atoms with Crippen molar-refractivity contribution < 1.29 is 23.4 Å². The van der Waals surface area contributed by atoms with E-state index in [9.17, 15) is 18.7 Å². The van der Waals surface area contributed by atoms with Crippen LogP contribution in [0.15, 0.2) is 42.5 Å². The van der Waals surface area contributed by atoms with Crippen molar-refractivity contribution in [1.82, 2.24) is 4.90 Å². The molecule has 0 saturated carbocycles. The molecule has 2 aromatic rings. The minimum atomic E-state index is -0.540. The number of halogens is 2. The van der Waals surface area contributed by atoms with E-state index < -0.39 is 17.7 Å². The summed E-state index contributed by atoms with van der Waals surface area (Å²) in [5.74, 6) is -1.00. The molecular weight excluding hydrogens is 354 g/mol. The third kappa shape index (κ3) is 2.94. The summed E-state index contributed by atoms with van der Waals surface area (Å²) in [4.78, 5) is 16.2. The molecule has 0 fully saturated rings. The predicted molar refractivity (Wildman–Crippen MR) is 96.5 cm³/mol. The summed E-state index contributed by atoms with van der Waals surface area (Å²) >= 11 is 0. The van der Waals surface area contributed by atoms with Gasteiger partial charge in [-0.3, -0.25) is 4.90 Å². The van der Waals surface area contributed by atoms with Crippen LogP contribution < -0.4 is 4.90 Å². The molecule has 2 amide bonds. The molecule has 0 aromatic heterocycles. The number of methoxy groups -OCH3 is 1. The van der Waals surface area contributed by atoms with E-state index in [0.717, 1.165) is 23.8 Å². The van der Waals surface area contributed by atoms with Crippen molar-refractivity contribution in [3.05, 3.63) is 65.2 Å². The fourth-order valence-corrected chi connectivity index (χ4v) is 3.66. The molecule has 0 radical (unpaired) electrons. The first kappa shape index (κ1) is 17.5. The van der Waals surface area contributed by atoms with Gasteiger partial charge in [0.25, 0.3) is 0 Å². The van der Waals surface area contributed by atoms with Gasteiger partial charge in [0.1, 0.15) is 17.4 Å². The highest BCUT2D eigenvalue weighted by Crippen LogP contribution is 2.44. The Kier molecular flexibility index (Phi) is 4.31. The van der Waals surface area contributed by atoms with Crippen LogP contribution in [-0.4, -0.2) is 42.8 Å². The minimum Gasteiger partial charge on any atom is -0.508 e. The van der Waals surface area contributed by atoms with E-state index in [2.05, 4.69) is 0 Å². The van der Waals surface area contributed by atoms with Gasteiger partial charge in [0.2, 0.25) is 0 Å². The van der Waals surface area contributed by atoms with Crippen LogP contribution >= 0.6 is 0 Å². The van der Waals surface area contributed by atoms with E-state index in [1.165, 1.54) is 6.07 Å². The van der Waals surface area contributed by atoms with Gasteiger partial charge in [0.05, 0.1) is 24.9 Å². The van der Waals surface area contributed by atoms with Crippen LogP contribution in [-0.2, 0) is 4.74 Å². The molecule has 2 aliphatic rings. The molecule has 2 aliphatic heterocycles. The number of phenols is 1. The lowest BCUT2D eigenvalue weighted by atomic mass is 9.99. The number of fused-ring (bicyclic) bond motifs is 3. The average molecular weight is 372 g/mol. The van der Waals surface area contributed by atoms with Gasteiger partial charge >= 0.3 is 6.03 Å². The number of urea groups is 1. The Morgan fingerprint density at radius 2 is 2.04 bits per heavy atom. The topological polar surface area (TPSA) is 53.0 Å². The number of hydrogen-bond donors (Lipinski definition) is 1. The Morgan fingerprint density at radius 1 is 1.22 bits per heavy atom. The normalized spacial score (nSPS) is 18.4. The molecular formula is C20H18F2N2O3. The number of benzene rings is 2. The smallest absolute Gasteiger partial charge is 0.325 e. The van der Waals surface area contributed by atoms with Crippen LogP contribution in [0, 0.1) is 11.6 Å². The number of carbonyl (C=O) groups is 1. The molecule has 0 aliphatic carbocycles. The maximum Gasteiger partial charge on any atom is 0.325 e. The molecule has 5 nitrogen and oxygen atoms in total. The third-order valence-corrected chi connectivity index (χ3v) is 4.93. The van der Waals surface area contributed by atoms with E-state index in [1.807, 2.05) is 0 Å². The van der Waals surface area contributed by atoms with E-state index in [4.69, 9.17) is 4.74 Å². The summed E-state index contributed by atoms with van der Waals surface area (Å²) < 4.78 is 32.9. The molecule has 1 atom stereocenters. The Bertz CT molecular complexity index is 945. The lowest BCUT2D eigenvalue weighted by Gasteiger charge is -2.39. The Balaban J connectivity index is 1.78. The highest BCUT2D eigenvalue weighted by molar-refractivity contribution is 5.98. The molecule has 2 heterocycles. The average Bonchev–Trinajstić information content (AvgIpc) is 3.09. The van der Waals surface area contributed by atoms with Gasteiger partial charge in [-0.05, 0) is 42.0 Å². The Morgan fingerprint density at radius 3 is 2.81 bits per heavy atom. The maximum atomic E-state index is 14.2. The van der Waals surface area contributed by atoms with Crippen molar-refractivity contribution in [3.8, 4) is 5.75 Å². The van der Waals surface area contributed by atoms with Crippen molar-refractivity contribution >= 4 is 17.3 Å². The first-order valence-electron chi connectivity index (χ1n) is 8.55. The molecule has 7 heteroatoms. The fraction of sp³-hybridized carbons (Fsp3) is 0.250. The molecule has 140 valence electrons. The highest BCUT2D eigenvalue weighted by atomic mass is 19.1. The Labute approximate surface area is 155 Å². The second-order valence-electron chi connectivity index (χ2n) is 6.56. The fourth-order valence-electron chi connectivity index (χ4n) is 3.66. The molecule has 27 heavy (non-hydrogen) atoms. The number of ether oxygens (including phenoxy) is 1. The zero-order chi connectivity index (χ0) is 19.1. The van der Waals surface area contributed by atoms with Crippen LogP contribution in [0.3, 0.4) is 0 Å². The molecule has 0 saturated heterocycles. The van der Waals surface area contributed by atoms with E-state index in [1.54, 1.807) is 35.1 Å². The van der Waals surface area contributed by atoms with Crippen molar-refractivity contribution in [3.63, 3.8) is 0 Å². The summed E-state index contributed by atoms with van der Waals surface area (Å²) in [6.45, 7) is 0.853. The first-order chi connectivity index (χ1) is 13.0. The molecule has 1 N–H and O–H groups in total. The van der Waals surface area contributed by atoms with Crippen LogP contribution in [0.5, 0.6) is 5.75 Å². The molecule has 2 aromatic carbocycles.